The van der Waals surface area contributed by atoms with Crippen LogP contribution in [0.2, 0.25) is 0 Å². The molecule has 3 rings (SSSR count). The predicted molar refractivity (Wildman–Crippen MR) is 99.7 cm³/mol. The van der Waals surface area contributed by atoms with Gasteiger partial charge in [0.2, 0.25) is 5.78 Å². The number of carbonyl (C=O) groups excluding carboxylic acids is 2. The molecule has 2 aromatic rings. The number of benzene rings is 1. The van der Waals surface area contributed by atoms with E-state index in [1.807, 2.05) is 13.8 Å². The Morgan fingerprint density at radius 1 is 1.22 bits per heavy atom. The van der Waals surface area contributed by atoms with Crippen LogP contribution in [0, 0.1) is 11.6 Å². The molecule has 1 aromatic carbocycles. The van der Waals surface area contributed by atoms with Crippen molar-refractivity contribution in [1.82, 2.24) is 5.32 Å². The fraction of sp³-hybridized carbons (Fsp3) is 0.300. The standard InChI is InChI=1S/C20H19F2NO3S/c1-4-26-19(25)12-9-23-10-20(2,3)13-8-16(27-18(12)13)17(24)11-5-6-14(21)15(22)7-11/h5-9,23H,4,10H2,1-3H3. The highest BCUT2D eigenvalue weighted by Crippen LogP contribution is 2.39. The number of nitrogens with one attached hydrogen (secondary N) is 1. The Labute approximate surface area is 159 Å². The predicted octanol–water partition coefficient (Wildman–Crippen LogP) is 4.04. The quantitative estimate of drug-likeness (QED) is 0.631. The maximum absolute atomic E-state index is 13.5. The van der Waals surface area contributed by atoms with Crippen molar-refractivity contribution >= 4 is 28.7 Å². The minimum Gasteiger partial charge on any atom is -0.462 e. The Balaban J connectivity index is 2.07. The number of fused-ring (bicyclic) bond motifs is 1. The van der Waals surface area contributed by atoms with Crippen LogP contribution in [0.5, 0.6) is 0 Å². The van der Waals surface area contributed by atoms with E-state index in [1.165, 1.54) is 6.07 Å². The molecule has 0 aliphatic carbocycles. The van der Waals surface area contributed by atoms with Crippen molar-refractivity contribution < 1.29 is 23.1 Å². The van der Waals surface area contributed by atoms with Crippen LogP contribution in [-0.2, 0) is 14.9 Å². The molecule has 0 amide bonds. The smallest absolute Gasteiger partial charge is 0.341 e. The third-order valence-corrected chi connectivity index (χ3v) is 5.56. The van der Waals surface area contributed by atoms with Crippen molar-refractivity contribution in [3.05, 3.63) is 63.0 Å². The van der Waals surface area contributed by atoms with Crippen LogP contribution >= 0.6 is 11.3 Å². The maximum atomic E-state index is 13.5. The third-order valence-electron chi connectivity index (χ3n) is 4.40. The topological polar surface area (TPSA) is 55.4 Å². The van der Waals surface area contributed by atoms with Crippen molar-refractivity contribution in [2.24, 2.45) is 0 Å². The van der Waals surface area contributed by atoms with Gasteiger partial charge in [-0.25, -0.2) is 13.6 Å². The molecule has 1 aliphatic heterocycles. The van der Waals surface area contributed by atoms with Gasteiger partial charge in [0.15, 0.2) is 11.6 Å². The average Bonchev–Trinajstić information content (AvgIpc) is 3.02. The Bertz CT molecular complexity index is 947. The summed E-state index contributed by atoms with van der Waals surface area (Å²) < 4.78 is 31.8. The van der Waals surface area contributed by atoms with E-state index >= 15 is 0 Å². The number of carbonyl (C=O) groups is 2. The molecule has 0 atom stereocenters. The maximum Gasteiger partial charge on any atom is 0.341 e. The second-order valence-corrected chi connectivity index (χ2v) is 7.91. The van der Waals surface area contributed by atoms with Crippen LogP contribution in [-0.4, -0.2) is 24.9 Å². The molecule has 1 aliphatic rings. The van der Waals surface area contributed by atoms with Crippen LogP contribution in [0.15, 0.2) is 30.5 Å². The molecule has 27 heavy (non-hydrogen) atoms. The summed E-state index contributed by atoms with van der Waals surface area (Å²) in [7, 11) is 0. The van der Waals surface area contributed by atoms with Gasteiger partial charge in [0, 0.05) is 28.6 Å². The van der Waals surface area contributed by atoms with E-state index in [9.17, 15) is 18.4 Å². The molecule has 0 fully saturated rings. The van der Waals surface area contributed by atoms with Crippen LogP contribution < -0.4 is 5.32 Å². The monoisotopic (exact) mass is 391 g/mol. The zero-order valence-corrected chi connectivity index (χ0v) is 16.0. The van der Waals surface area contributed by atoms with Gasteiger partial charge in [-0.2, -0.15) is 0 Å². The number of thiophene rings is 1. The molecule has 2 heterocycles. The average molecular weight is 391 g/mol. The SMILES string of the molecule is CCOC(=O)C1=CNCC(C)(C)c2cc(C(=O)c3ccc(F)c(F)c3)sc21. The third kappa shape index (κ3) is 3.64. The van der Waals surface area contributed by atoms with E-state index in [-0.39, 0.29) is 17.6 Å². The second-order valence-electron chi connectivity index (χ2n) is 6.85. The van der Waals surface area contributed by atoms with Crippen molar-refractivity contribution in [3.63, 3.8) is 0 Å². The van der Waals surface area contributed by atoms with Crippen LogP contribution in [0.3, 0.4) is 0 Å². The lowest BCUT2D eigenvalue weighted by atomic mass is 9.84. The molecule has 1 aromatic heterocycles. The van der Waals surface area contributed by atoms with Gasteiger partial charge in [-0.05, 0) is 36.8 Å². The molecular formula is C20H19F2NO3S. The van der Waals surface area contributed by atoms with Crippen LogP contribution in [0.1, 0.15) is 46.4 Å². The number of esters is 1. The highest BCUT2D eigenvalue weighted by molar-refractivity contribution is 7.15. The first-order valence-corrected chi connectivity index (χ1v) is 9.31. The number of halogens is 2. The Morgan fingerprint density at radius 3 is 2.63 bits per heavy atom. The van der Waals surface area contributed by atoms with E-state index in [4.69, 9.17) is 4.74 Å². The zero-order chi connectivity index (χ0) is 19.8. The zero-order valence-electron chi connectivity index (χ0n) is 15.2. The molecule has 0 unspecified atom stereocenters. The van der Waals surface area contributed by atoms with Gasteiger partial charge in [0.05, 0.1) is 17.1 Å². The largest absolute Gasteiger partial charge is 0.462 e. The molecule has 0 spiro atoms. The van der Waals surface area contributed by atoms with Crippen molar-refractivity contribution in [1.29, 1.82) is 0 Å². The second kappa shape index (κ2) is 7.23. The summed E-state index contributed by atoms with van der Waals surface area (Å²) in [4.78, 5) is 26.2. The first-order valence-electron chi connectivity index (χ1n) is 8.49. The lowest BCUT2D eigenvalue weighted by Crippen LogP contribution is -2.29. The first kappa shape index (κ1) is 19.2. The number of ketones is 1. The van der Waals surface area contributed by atoms with Gasteiger partial charge in [-0.3, -0.25) is 4.79 Å². The summed E-state index contributed by atoms with van der Waals surface area (Å²) in [6, 6.07) is 4.79. The molecular weight excluding hydrogens is 372 g/mol. The van der Waals surface area contributed by atoms with Crippen molar-refractivity contribution in [2.45, 2.75) is 26.2 Å². The molecule has 0 radical (unpaired) electrons. The van der Waals surface area contributed by atoms with E-state index in [0.29, 0.717) is 21.9 Å². The Kier molecular flexibility index (Phi) is 5.15. The van der Waals surface area contributed by atoms with Gasteiger partial charge in [0.25, 0.3) is 0 Å². The molecule has 0 saturated heterocycles. The molecule has 0 bridgehead atoms. The summed E-state index contributed by atoms with van der Waals surface area (Å²) in [5, 5.41) is 3.12. The Morgan fingerprint density at radius 2 is 1.96 bits per heavy atom. The number of ether oxygens (including phenoxy) is 1. The van der Waals surface area contributed by atoms with Gasteiger partial charge < -0.3 is 10.1 Å². The van der Waals surface area contributed by atoms with Gasteiger partial charge >= 0.3 is 5.97 Å². The van der Waals surface area contributed by atoms with E-state index < -0.39 is 23.4 Å². The summed E-state index contributed by atoms with van der Waals surface area (Å²) in [5.41, 5.74) is 0.904. The molecule has 1 N–H and O–H groups in total. The van der Waals surface area contributed by atoms with Gasteiger partial charge in [0.1, 0.15) is 0 Å². The van der Waals surface area contributed by atoms with Crippen LogP contribution in [0.4, 0.5) is 8.78 Å². The summed E-state index contributed by atoms with van der Waals surface area (Å²) >= 11 is 1.15. The minimum atomic E-state index is -1.07. The highest BCUT2D eigenvalue weighted by atomic mass is 32.1. The highest BCUT2D eigenvalue weighted by Gasteiger charge is 2.33. The van der Waals surface area contributed by atoms with E-state index in [0.717, 1.165) is 29.0 Å². The van der Waals surface area contributed by atoms with Gasteiger partial charge in [-0.15, -0.1) is 11.3 Å². The van der Waals surface area contributed by atoms with E-state index in [2.05, 4.69) is 5.32 Å². The normalized spacial score (nSPS) is 15.2. The lowest BCUT2D eigenvalue weighted by molar-refractivity contribution is -0.136. The van der Waals surface area contributed by atoms with Crippen LogP contribution in [0.25, 0.3) is 5.57 Å². The van der Waals surface area contributed by atoms with Gasteiger partial charge in [-0.1, -0.05) is 13.8 Å². The molecule has 4 nitrogen and oxygen atoms in total. The van der Waals surface area contributed by atoms with Crippen molar-refractivity contribution in [3.8, 4) is 0 Å². The Hall–Kier alpha value is -2.54. The number of rotatable bonds is 4. The molecule has 142 valence electrons. The summed E-state index contributed by atoms with van der Waals surface area (Å²) in [6.07, 6.45) is 1.61. The van der Waals surface area contributed by atoms with Crippen molar-refractivity contribution in [2.75, 3.05) is 13.2 Å². The molecule has 7 heteroatoms. The number of hydrogen-bond acceptors (Lipinski definition) is 5. The molecule has 0 saturated carbocycles. The fourth-order valence-electron chi connectivity index (χ4n) is 2.91. The summed E-state index contributed by atoms with van der Waals surface area (Å²) in [6.45, 7) is 6.53. The summed E-state index contributed by atoms with van der Waals surface area (Å²) in [5.74, 6) is -2.97. The minimum absolute atomic E-state index is 0.0582. The lowest BCUT2D eigenvalue weighted by Gasteiger charge is -2.23. The first-order chi connectivity index (χ1) is 12.7. The number of hydrogen-bond donors (Lipinski definition) is 1. The van der Waals surface area contributed by atoms with E-state index in [1.54, 1.807) is 19.2 Å². The fourth-order valence-corrected chi connectivity index (χ4v) is 4.22.